The smallest absolute Gasteiger partial charge is 0.220 e. The topological polar surface area (TPSA) is 52.6 Å². The zero-order chi connectivity index (χ0) is 26.7. The number of ketones is 2. The Balaban J connectivity index is 0.000000269. The number of methoxy groups -OCH3 is 2. The fraction of sp³-hybridized carbons (Fsp3) is 0.375. The Morgan fingerprint density at radius 3 is 2.25 bits per heavy atom. The van der Waals surface area contributed by atoms with Crippen LogP contribution < -0.4 is 4.74 Å². The lowest BCUT2D eigenvalue weighted by molar-refractivity contribution is -0.117. The molecular weight excluding hydrogens is 448 g/mol. The minimum Gasteiger partial charge on any atom is -0.497 e. The Hall–Kier alpha value is -3.40. The Bertz CT molecular complexity index is 1090. The maximum absolute atomic E-state index is 12.2. The van der Waals surface area contributed by atoms with Crippen LogP contribution in [0, 0.1) is 5.41 Å². The Morgan fingerprint density at radius 2 is 1.64 bits per heavy atom. The SMILES string of the molecule is C=CC(C1=CC(=O)C(OC)=CC1=O)c1ccc(OC)cc1.CC1=CCCC(C)=CCC(C)(C)C=CC1. The van der Waals surface area contributed by atoms with Crippen LogP contribution in [0.5, 0.6) is 5.75 Å². The van der Waals surface area contributed by atoms with Gasteiger partial charge < -0.3 is 9.47 Å². The van der Waals surface area contributed by atoms with E-state index < -0.39 is 0 Å². The molecule has 0 amide bonds. The van der Waals surface area contributed by atoms with Crippen molar-refractivity contribution in [1.29, 1.82) is 0 Å². The molecule has 0 bridgehead atoms. The van der Waals surface area contributed by atoms with Crippen molar-refractivity contribution in [3.63, 3.8) is 0 Å². The van der Waals surface area contributed by atoms with Crippen molar-refractivity contribution in [2.45, 2.75) is 59.3 Å². The number of allylic oxidation sites excluding steroid dienone is 10. The molecule has 0 spiro atoms. The van der Waals surface area contributed by atoms with Crippen LogP contribution in [0.25, 0.3) is 0 Å². The summed E-state index contributed by atoms with van der Waals surface area (Å²) < 4.78 is 9.98. The summed E-state index contributed by atoms with van der Waals surface area (Å²) in [4.78, 5) is 24.0. The summed E-state index contributed by atoms with van der Waals surface area (Å²) >= 11 is 0. The van der Waals surface area contributed by atoms with Crippen LogP contribution in [0.4, 0.5) is 0 Å². The number of rotatable bonds is 5. The minimum atomic E-state index is -0.345. The van der Waals surface area contributed by atoms with Crippen molar-refractivity contribution in [2.24, 2.45) is 5.41 Å². The van der Waals surface area contributed by atoms with E-state index in [2.05, 4.69) is 58.6 Å². The van der Waals surface area contributed by atoms with Gasteiger partial charge in [0.2, 0.25) is 5.78 Å². The van der Waals surface area contributed by atoms with Gasteiger partial charge in [0.1, 0.15) is 5.75 Å². The molecule has 2 aliphatic rings. The van der Waals surface area contributed by atoms with E-state index >= 15 is 0 Å². The summed E-state index contributed by atoms with van der Waals surface area (Å²) in [5, 5.41) is 0. The van der Waals surface area contributed by atoms with Gasteiger partial charge in [0.05, 0.1) is 14.2 Å². The van der Waals surface area contributed by atoms with Crippen LogP contribution in [0.3, 0.4) is 0 Å². The van der Waals surface area contributed by atoms with E-state index in [9.17, 15) is 9.59 Å². The highest BCUT2D eigenvalue weighted by molar-refractivity contribution is 6.19. The maximum Gasteiger partial charge on any atom is 0.220 e. The molecule has 1 atom stereocenters. The van der Waals surface area contributed by atoms with E-state index in [1.807, 2.05) is 12.1 Å². The number of hydrogen-bond acceptors (Lipinski definition) is 4. The molecule has 2 aliphatic carbocycles. The summed E-state index contributed by atoms with van der Waals surface area (Å²) in [5.41, 5.74) is 4.60. The van der Waals surface area contributed by atoms with Gasteiger partial charge in [-0.25, -0.2) is 0 Å². The van der Waals surface area contributed by atoms with E-state index in [0.29, 0.717) is 11.0 Å². The number of benzene rings is 1. The quantitative estimate of drug-likeness (QED) is 0.316. The van der Waals surface area contributed by atoms with E-state index in [1.165, 1.54) is 43.2 Å². The zero-order valence-electron chi connectivity index (χ0n) is 22.6. The number of hydrogen-bond donors (Lipinski definition) is 0. The predicted molar refractivity (Wildman–Crippen MR) is 148 cm³/mol. The van der Waals surface area contributed by atoms with Gasteiger partial charge in [0.15, 0.2) is 11.5 Å². The molecule has 1 aromatic carbocycles. The molecule has 0 saturated carbocycles. The highest BCUT2D eigenvalue weighted by atomic mass is 16.5. The summed E-state index contributed by atoms with van der Waals surface area (Å²) in [7, 11) is 2.95. The standard InChI is InChI=1S/C17H16O4.C15H24/c1-4-13(11-5-7-12(20-2)8-6-11)14-9-16(19)17(21-3)10-15(14)18;1-13-7-5-8-14(2)10-12-15(3,4)11-6-9-13/h4-10,13H,1H2,2-3H3;6-7,10-11H,5,8-9,12H2,1-4H3. The van der Waals surface area contributed by atoms with Crippen molar-refractivity contribution in [1.82, 2.24) is 0 Å². The first-order chi connectivity index (χ1) is 17.1. The average molecular weight is 489 g/mol. The number of carbonyl (C=O) groups excluding carboxylic acids is 2. The Labute approximate surface area is 216 Å². The van der Waals surface area contributed by atoms with Crippen LogP contribution in [0.15, 0.2) is 95.9 Å². The number of carbonyl (C=O) groups is 2. The van der Waals surface area contributed by atoms with Gasteiger partial charge in [-0.05, 0) is 68.7 Å². The molecule has 4 nitrogen and oxygen atoms in total. The minimum absolute atomic E-state index is 0.0568. The third kappa shape index (κ3) is 8.67. The second kappa shape index (κ2) is 13.6. The van der Waals surface area contributed by atoms with Crippen LogP contribution in [0.1, 0.15) is 64.9 Å². The molecule has 1 aromatic rings. The molecule has 192 valence electrons. The number of ether oxygens (including phenoxy) is 2. The average Bonchev–Trinajstić information content (AvgIpc) is 2.88. The normalized spacial score (nSPS) is 18.7. The summed E-state index contributed by atoms with van der Waals surface area (Å²) in [5.74, 6) is -0.119. The second-order valence-corrected chi connectivity index (χ2v) is 9.97. The molecule has 0 aliphatic heterocycles. The predicted octanol–water partition coefficient (Wildman–Crippen LogP) is 7.61. The zero-order valence-corrected chi connectivity index (χ0v) is 22.6. The first kappa shape index (κ1) is 28.8. The molecule has 36 heavy (non-hydrogen) atoms. The second-order valence-electron chi connectivity index (χ2n) is 9.97. The molecule has 1 unspecified atom stereocenters. The van der Waals surface area contributed by atoms with E-state index in [-0.39, 0.29) is 23.2 Å². The van der Waals surface area contributed by atoms with Crippen molar-refractivity contribution >= 4 is 11.6 Å². The summed E-state index contributed by atoms with van der Waals surface area (Å²) in [6.45, 7) is 12.9. The van der Waals surface area contributed by atoms with Crippen molar-refractivity contribution in [3.8, 4) is 5.75 Å². The lowest BCUT2D eigenvalue weighted by Crippen LogP contribution is -2.18. The van der Waals surface area contributed by atoms with Crippen LogP contribution in [0.2, 0.25) is 0 Å². The van der Waals surface area contributed by atoms with Crippen molar-refractivity contribution in [3.05, 3.63) is 101 Å². The Kier molecular flexibility index (Phi) is 10.9. The van der Waals surface area contributed by atoms with Gasteiger partial charge in [-0.15, -0.1) is 6.58 Å². The molecule has 0 heterocycles. The van der Waals surface area contributed by atoms with Gasteiger partial charge in [-0.1, -0.05) is 67.5 Å². The molecule has 3 rings (SSSR count). The first-order valence-electron chi connectivity index (χ1n) is 12.4. The molecule has 4 heteroatoms. The fourth-order valence-corrected chi connectivity index (χ4v) is 4.01. The molecule has 0 aromatic heterocycles. The van der Waals surface area contributed by atoms with Crippen molar-refractivity contribution in [2.75, 3.05) is 14.2 Å². The molecule has 0 saturated heterocycles. The third-order valence-corrected chi connectivity index (χ3v) is 6.36. The first-order valence-corrected chi connectivity index (χ1v) is 12.4. The highest BCUT2D eigenvalue weighted by Crippen LogP contribution is 2.30. The lowest BCUT2D eigenvalue weighted by atomic mass is 9.85. The highest BCUT2D eigenvalue weighted by Gasteiger charge is 2.26. The van der Waals surface area contributed by atoms with Crippen LogP contribution in [-0.2, 0) is 14.3 Å². The van der Waals surface area contributed by atoms with Crippen LogP contribution >= 0.6 is 0 Å². The van der Waals surface area contributed by atoms with Gasteiger partial charge in [-0.3, -0.25) is 9.59 Å². The third-order valence-electron chi connectivity index (χ3n) is 6.36. The Morgan fingerprint density at radius 1 is 0.944 bits per heavy atom. The van der Waals surface area contributed by atoms with Gasteiger partial charge in [0, 0.05) is 17.6 Å². The summed E-state index contributed by atoms with van der Waals surface area (Å²) in [6, 6.07) is 7.30. The van der Waals surface area contributed by atoms with Crippen molar-refractivity contribution < 1.29 is 19.1 Å². The van der Waals surface area contributed by atoms with Gasteiger partial charge in [-0.2, -0.15) is 0 Å². The molecular formula is C32H40O4. The largest absolute Gasteiger partial charge is 0.497 e. The van der Waals surface area contributed by atoms with E-state index in [4.69, 9.17) is 9.47 Å². The summed E-state index contributed by atoms with van der Waals surface area (Å²) in [6.07, 6.45) is 18.3. The van der Waals surface area contributed by atoms with Gasteiger partial charge in [0.25, 0.3) is 0 Å². The van der Waals surface area contributed by atoms with Gasteiger partial charge >= 0.3 is 0 Å². The maximum atomic E-state index is 12.2. The monoisotopic (exact) mass is 488 g/mol. The lowest BCUT2D eigenvalue weighted by Gasteiger charge is -2.18. The van der Waals surface area contributed by atoms with E-state index in [0.717, 1.165) is 24.2 Å². The molecule has 0 N–H and O–H groups in total. The molecule has 0 fully saturated rings. The fourth-order valence-electron chi connectivity index (χ4n) is 4.01. The van der Waals surface area contributed by atoms with Crippen LogP contribution in [-0.4, -0.2) is 25.8 Å². The molecule has 0 radical (unpaired) electrons. The van der Waals surface area contributed by atoms with E-state index in [1.54, 1.807) is 25.3 Å².